The fourth-order valence-electron chi connectivity index (χ4n) is 3.48. The van der Waals surface area contributed by atoms with Crippen molar-refractivity contribution in [3.63, 3.8) is 0 Å². The molecule has 0 spiro atoms. The van der Waals surface area contributed by atoms with Crippen molar-refractivity contribution in [1.29, 1.82) is 0 Å². The molecule has 1 N–H and O–H groups in total. The Kier molecular flexibility index (Phi) is 3.71. The number of rotatable bonds is 3. The van der Waals surface area contributed by atoms with Gasteiger partial charge in [0.05, 0.1) is 24.0 Å². The molecule has 0 unspecified atom stereocenters. The maximum Gasteiger partial charge on any atom is 0.239 e. The predicted molar refractivity (Wildman–Crippen MR) is 103 cm³/mol. The molecule has 0 atom stereocenters. The van der Waals surface area contributed by atoms with Crippen molar-refractivity contribution in [2.75, 3.05) is 24.5 Å². The predicted octanol–water partition coefficient (Wildman–Crippen LogP) is 1.80. The number of benzene rings is 1. The highest BCUT2D eigenvalue weighted by atomic mass is 16.2. The summed E-state index contributed by atoms with van der Waals surface area (Å²) in [5, 5.41) is 8.70. The maximum atomic E-state index is 11.7. The zero-order chi connectivity index (χ0) is 18.2. The van der Waals surface area contributed by atoms with Gasteiger partial charge in [-0.3, -0.25) is 9.78 Å². The molecule has 5 rings (SSSR count). The molecule has 0 bridgehead atoms. The van der Waals surface area contributed by atoms with E-state index in [0.29, 0.717) is 13.1 Å². The first-order chi connectivity index (χ1) is 13.3. The average Bonchev–Trinajstić information content (AvgIpc) is 3.10. The first-order valence-corrected chi connectivity index (χ1v) is 8.95. The molecule has 1 amide bonds. The second kappa shape index (κ2) is 6.35. The molecule has 4 aromatic rings. The number of fused-ring (bicyclic) bond motifs is 2. The van der Waals surface area contributed by atoms with Crippen molar-refractivity contribution in [1.82, 2.24) is 24.9 Å². The van der Waals surface area contributed by atoms with Crippen molar-refractivity contribution >= 4 is 28.3 Å². The molecule has 1 aromatic carbocycles. The van der Waals surface area contributed by atoms with Crippen molar-refractivity contribution in [3.8, 4) is 0 Å². The van der Waals surface area contributed by atoms with Gasteiger partial charge >= 0.3 is 0 Å². The van der Waals surface area contributed by atoms with E-state index in [4.69, 9.17) is 5.10 Å². The van der Waals surface area contributed by atoms with Crippen LogP contribution in [0.4, 0.5) is 5.82 Å². The Balaban J connectivity index is 1.48. The first-order valence-electron chi connectivity index (χ1n) is 8.95. The maximum absolute atomic E-state index is 11.7. The number of anilines is 1. The Morgan fingerprint density at radius 1 is 1.11 bits per heavy atom. The zero-order valence-corrected chi connectivity index (χ0v) is 14.7. The number of amides is 1. The Bertz CT molecular complexity index is 1150. The van der Waals surface area contributed by atoms with Crippen LogP contribution in [0.3, 0.4) is 0 Å². The lowest BCUT2D eigenvalue weighted by molar-refractivity contribution is -0.120. The van der Waals surface area contributed by atoms with Crippen LogP contribution in [0.1, 0.15) is 11.3 Å². The number of piperazine rings is 1. The SMILES string of the molecule is O=C1CN(c2ccc3ncc(Cc4ccc5ncccc5c4)n3n2)CCN1. The van der Waals surface area contributed by atoms with Crippen molar-refractivity contribution < 1.29 is 4.79 Å². The van der Waals surface area contributed by atoms with E-state index in [1.165, 1.54) is 5.56 Å². The number of hydrogen-bond donors (Lipinski definition) is 1. The van der Waals surface area contributed by atoms with Gasteiger partial charge in [0.2, 0.25) is 5.91 Å². The highest BCUT2D eigenvalue weighted by Gasteiger charge is 2.18. The van der Waals surface area contributed by atoms with Gasteiger partial charge in [-0.15, -0.1) is 5.10 Å². The van der Waals surface area contributed by atoms with E-state index in [2.05, 4.69) is 33.5 Å². The highest BCUT2D eigenvalue weighted by Crippen LogP contribution is 2.19. The van der Waals surface area contributed by atoms with Gasteiger partial charge in [-0.05, 0) is 35.9 Å². The number of nitrogens with one attached hydrogen (secondary N) is 1. The third-order valence-corrected chi connectivity index (χ3v) is 4.83. The second-order valence-corrected chi connectivity index (χ2v) is 6.69. The van der Waals surface area contributed by atoms with Gasteiger partial charge in [-0.25, -0.2) is 9.50 Å². The van der Waals surface area contributed by atoms with Crippen molar-refractivity contribution in [3.05, 3.63) is 66.1 Å². The lowest BCUT2D eigenvalue weighted by Crippen LogP contribution is -2.48. The van der Waals surface area contributed by atoms with Crippen LogP contribution in [0.2, 0.25) is 0 Å². The molecule has 1 aliphatic heterocycles. The van der Waals surface area contributed by atoms with Crippen LogP contribution in [0.15, 0.2) is 54.9 Å². The molecule has 134 valence electrons. The normalized spacial score (nSPS) is 14.7. The third-order valence-electron chi connectivity index (χ3n) is 4.83. The summed E-state index contributed by atoms with van der Waals surface area (Å²) < 4.78 is 1.87. The van der Waals surface area contributed by atoms with Gasteiger partial charge in [0.15, 0.2) is 5.65 Å². The third kappa shape index (κ3) is 2.97. The number of aromatic nitrogens is 4. The molecule has 1 saturated heterocycles. The van der Waals surface area contributed by atoms with Gasteiger partial charge in [-0.1, -0.05) is 12.1 Å². The Morgan fingerprint density at radius 2 is 2.07 bits per heavy atom. The molecular formula is C20H18N6O. The summed E-state index contributed by atoms with van der Waals surface area (Å²) in [6, 6.07) is 14.2. The molecule has 4 heterocycles. The summed E-state index contributed by atoms with van der Waals surface area (Å²) in [7, 11) is 0. The molecule has 3 aromatic heterocycles. The monoisotopic (exact) mass is 358 g/mol. The van der Waals surface area contributed by atoms with E-state index in [1.54, 1.807) is 6.20 Å². The summed E-state index contributed by atoms with van der Waals surface area (Å²) in [6.45, 7) is 1.73. The zero-order valence-electron chi connectivity index (χ0n) is 14.7. The minimum absolute atomic E-state index is 0.0266. The number of imidazole rings is 1. The van der Waals surface area contributed by atoms with E-state index < -0.39 is 0 Å². The number of carbonyl (C=O) groups excluding carboxylic acids is 1. The van der Waals surface area contributed by atoms with Gasteiger partial charge in [0, 0.05) is 31.1 Å². The van der Waals surface area contributed by atoms with E-state index in [1.807, 2.05) is 39.9 Å². The highest BCUT2D eigenvalue weighted by molar-refractivity contribution is 5.82. The van der Waals surface area contributed by atoms with Crippen LogP contribution in [-0.2, 0) is 11.2 Å². The summed E-state index contributed by atoms with van der Waals surface area (Å²) in [6.07, 6.45) is 4.39. The molecular weight excluding hydrogens is 340 g/mol. The summed E-state index contributed by atoms with van der Waals surface area (Å²) in [5.41, 5.74) is 3.99. The standard InChI is InChI=1S/C20H18N6O/c27-20-13-25(9-8-22-20)19-6-5-18-23-12-16(26(18)24-19)11-14-3-4-17-15(10-14)2-1-7-21-17/h1-7,10,12H,8-9,11,13H2,(H,22,27). The van der Waals surface area contributed by atoms with Gasteiger partial charge in [0.25, 0.3) is 0 Å². The van der Waals surface area contributed by atoms with Crippen LogP contribution >= 0.6 is 0 Å². The molecule has 27 heavy (non-hydrogen) atoms. The fraction of sp³-hybridized carbons (Fsp3) is 0.200. The van der Waals surface area contributed by atoms with Crippen molar-refractivity contribution in [2.45, 2.75) is 6.42 Å². The number of hydrogen-bond acceptors (Lipinski definition) is 5. The van der Waals surface area contributed by atoms with Crippen LogP contribution in [0.25, 0.3) is 16.6 Å². The summed E-state index contributed by atoms with van der Waals surface area (Å²) in [5.74, 6) is 0.818. The average molecular weight is 358 g/mol. The largest absolute Gasteiger partial charge is 0.353 e. The molecule has 1 fully saturated rings. The number of carbonyl (C=O) groups is 1. The minimum atomic E-state index is 0.0266. The minimum Gasteiger partial charge on any atom is -0.353 e. The molecule has 0 aliphatic carbocycles. The second-order valence-electron chi connectivity index (χ2n) is 6.69. The fourth-order valence-corrected chi connectivity index (χ4v) is 3.48. The van der Waals surface area contributed by atoms with Crippen LogP contribution in [0, 0.1) is 0 Å². The molecule has 7 nitrogen and oxygen atoms in total. The molecule has 7 heteroatoms. The van der Waals surface area contributed by atoms with Crippen LogP contribution in [0.5, 0.6) is 0 Å². The molecule has 0 radical (unpaired) electrons. The Morgan fingerprint density at radius 3 is 3.00 bits per heavy atom. The lowest BCUT2D eigenvalue weighted by Gasteiger charge is -2.27. The van der Waals surface area contributed by atoms with Crippen molar-refractivity contribution in [2.24, 2.45) is 0 Å². The topological polar surface area (TPSA) is 75.4 Å². The van der Waals surface area contributed by atoms with Gasteiger partial charge in [0.1, 0.15) is 5.82 Å². The van der Waals surface area contributed by atoms with E-state index in [-0.39, 0.29) is 5.91 Å². The van der Waals surface area contributed by atoms with E-state index in [0.717, 1.165) is 41.0 Å². The van der Waals surface area contributed by atoms with E-state index >= 15 is 0 Å². The van der Waals surface area contributed by atoms with Crippen LogP contribution < -0.4 is 10.2 Å². The van der Waals surface area contributed by atoms with Gasteiger partial charge in [-0.2, -0.15) is 0 Å². The first kappa shape index (κ1) is 15.7. The summed E-state index contributed by atoms with van der Waals surface area (Å²) in [4.78, 5) is 22.5. The quantitative estimate of drug-likeness (QED) is 0.604. The Labute approximate surface area is 155 Å². The number of pyridine rings is 1. The Hall–Kier alpha value is -3.48. The van der Waals surface area contributed by atoms with E-state index in [9.17, 15) is 4.79 Å². The number of nitrogens with zero attached hydrogens (tertiary/aromatic N) is 5. The lowest BCUT2D eigenvalue weighted by atomic mass is 10.1. The smallest absolute Gasteiger partial charge is 0.239 e. The van der Waals surface area contributed by atoms with Gasteiger partial charge < -0.3 is 10.2 Å². The van der Waals surface area contributed by atoms with Crippen LogP contribution in [-0.4, -0.2) is 45.1 Å². The molecule has 1 aliphatic rings. The molecule has 0 saturated carbocycles. The summed E-state index contributed by atoms with van der Waals surface area (Å²) >= 11 is 0.